The lowest BCUT2D eigenvalue weighted by Gasteiger charge is -2.14. The van der Waals surface area contributed by atoms with E-state index in [4.69, 9.17) is 15.2 Å². The maximum atomic E-state index is 11.5. The first kappa shape index (κ1) is 17.6. The Morgan fingerprint density at radius 1 is 1.44 bits per heavy atom. The second-order valence-corrected chi connectivity index (χ2v) is 4.42. The standard InChI is InChI=1S/C12H24N2O3.ClH/c1-16-11(9-13)8-12(15)14-6-7-17-10-4-2-3-5-10;/h10-11H,2-9,13H2,1H3,(H,14,15);1H. The summed E-state index contributed by atoms with van der Waals surface area (Å²) in [5.74, 6) is -0.0303. The summed E-state index contributed by atoms with van der Waals surface area (Å²) in [4.78, 5) is 11.5. The SMILES string of the molecule is COC(CN)CC(=O)NCCOC1CCCC1.Cl. The van der Waals surface area contributed by atoms with Gasteiger partial charge in [0.05, 0.1) is 25.2 Å². The van der Waals surface area contributed by atoms with E-state index in [2.05, 4.69) is 5.32 Å². The number of carbonyl (C=O) groups excluding carboxylic acids is 1. The van der Waals surface area contributed by atoms with Crippen LogP contribution in [0.5, 0.6) is 0 Å². The highest BCUT2D eigenvalue weighted by Gasteiger charge is 2.15. The summed E-state index contributed by atoms with van der Waals surface area (Å²) in [7, 11) is 1.56. The maximum Gasteiger partial charge on any atom is 0.222 e. The van der Waals surface area contributed by atoms with Crippen molar-refractivity contribution in [1.29, 1.82) is 0 Å². The van der Waals surface area contributed by atoms with Crippen LogP contribution in [0.2, 0.25) is 0 Å². The zero-order valence-corrected chi connectivity index (χ0v) is 11.8. The summed E-state index contributed by atoms with van der Waals surface area (Å²) < 4.78 is 10.7. The first-order valence-corrected chi connectivity index (χ1v) is 6.37. The van der Waals surface area contributed by atoms with E-state index in [1.165, 1.54) is 12.8 Å². The molecule has 1 aliphatic carbocycles. The average molecular weight is 281 g/mol. The molecule has 0 heterocycles. The molecule has 3 N–H and O–H groups in total. The zero-order chi connectivity index (χ0) is 12.5. The van der Waals surface area contributed by atoms with Crippen LogP contribution in [0.1, 0.15) is 32.1 Å². The summed E-state index contributed by atoms with van der Waals surface area (Å²) in [6, 6.07) is 0. The molecular weight excluding hydrogens is 256 g/mol. The molecule has 1 atom stereocenters. The van der Waals surface area contributed by atoms with Crippen molar-refractivity contribution in [2.75, 3.05) is 26.8 Å². The first-order chi connectivity index (χ1) is 8.26. The Labute approximate surface area is 115 Å². The predicted octanol–water partition coefficient (Wildman–Crippen LogP) is 0.847. The van der Waals surface area contributed by atoms with E-state index in [0.717, 1.165) is 12.8 Å². The van der Waals surface area contributed by atoms with Crippen LogP contribution in [0.25, 0.3) is 0 Å². The molecule has 0 aromatic carbocycles. The van der Waals surface area contributed by atoms with Crippen LogP contribution in [-0.4, -0.2) is 44.9 Å². The molecule has 0 saturated heterocycles. The summed E-state index contributed by atoms with van der Waals surface area (Å²) in [5, 5.41) is 2.81. The Bertz CT molecular complexity index is 219. The predicted molar refractivity (Wildman–Crippen MR) is 72.9 cm³/mol. The highest BCUT2D eigenvalue weighted by atomic mass is 35.5. The fourth-order valence-electron chi connectivity index (χ4n) is 2.01. The Kier molecular flexibility index (Phi) is 10.3. The number of hydrogen-bond donors (Lipinski definition) is 2. The van der Waals surface area contributed by atoms with Gasteiger partial charge < -0.3 is 20.5 Å². The summed E-state index contributed by atoms with van der Waals surface area (Å²) >= 11 is 0. The number of carbonyl (C=O) groups is 1. The van der Waals surface area contributed by atoms with Crippen LogP contribution in [0.4, 0.5) is 0 Å². The minimum absolute atomic E-state index is 0. The minimum Gasteiger partial charge on any atom is -0.380 e. The van der Waals surface area contributed by atoms with E-state index in [0.29, 0.717) is 32.2 Å². The first-order valence-electron chi connectivity index (χ1n) is 6.37. The molecule has 18 heavy (non-hydrogen) atoms. The normalized spacial score (nSPS) is 17.2. The molecule has 0 radical (unpaired) electrons. The van der Waals surface area contributed by atoms with E-state index in [-0.39, 0.29) is 24.4 Å². The van der Waals surface area contributed by atoms with E-state index in [1.807, 2.05) is 0 Å². The van der Waals surface area contributed by atoms with Crippen LogP contribution in [0.3, 0.4) is 0 Å². The number of amides is 1. The van der Waals surface area contributed by atoms with Crippen LogP contribution >= 0.6 is 12.4 Å². The second-order valence-electron chi connectivity index (χ2n) is 4.42. The van der Waals surface area contributed by atoms with Gasteiger partial charge >= 0.3 is 0 Å². The van der Waals surface area contributed by atoms with E-state index >= 15 is 0 Å². The lowest BCUT2D eigenvalue weighted by atomic mass is 10.2. The van der Waals surface area contributed by atoms with Crippen LogP contribution < -0.4 is 11.1 Å². The third-order valence-corrected chi connectivity index (χ3v) is 3.09. The fourth-order valence-corrected chi connectivity index (χ4v) is 2.01. The molecule has 0 aromatic rings. The van der Waals surface area contributed by atoms with Crippen molar-refractivity contribution in [3.63, 3.8) is 0 Å². The Morgan fingerprint density at radius 3 is 2.67 bits per heavy atom. The molecule has 6 heteroatoms. The van der Waals surface area contributed by atoms with E-state index in [9.17, 15) is 4.79 Å². The second kappa shape index (κ2) is 10.6. The molecule has 5 nitrogen and oxygen atoms in total. The van der Waals surface area contributed by atoms with Gasteiger partial charge in [-0.3, -0.25) is 4.79 Å². The van der Waals surface area contributed by atoms with Gasteiger partial charge in [-0.25, -0.2) is 0 Å². The smallest absolute Gasteiger partial charge is 0.222 e. The maximum absolute atomic E-state index is 11.5. The number of methoxy groups -OCH3 is 1. The molecule has 108 valence electrons. The van der Waals surface area contributed by atoms with Crippen LogP contribution in [0.15, 0.2) is 0 Å². The Hall–Kier alpha value is -0.360. The molecule has 0 aromatic heterocycles. The number of rotatable bonds is 8. The van der Waals surface area contributed by atoms with Crippen molar-refractivity contribution in [3.05, 3.63) is 0 Å². The zero-order valence-electron chi connectivity index (χ0n) is 11.0. The number of ether oxygens (including phenoxy) is 2. The van der Waals surface area contributed by atoms with Gasteiger partial charge in [0.2, 0.25) is 5.91 Å². The van der Waals surface area contributed by atoms with Gasteiger partial charge in [-0.1, -0.05) is 12.8 Å². The molecule has 1 aliphatic rings. The fraction of sp³-hybridized carbons (Fsp3) is 0.917. The largest absolute Gasteiger partial charge is 0.380 e. The number of nitrogens with two attached hydrogens (primary N) is 1. The molecule has 0 bridgehead atoms. The van der Waals surface area contributed by atoms with Gasteiger partial charge in [0.1, 0.15) is 0 Å². The molecule has 0 spiro atoms. The van der Waals surface area contributed by atoms with E-state index < -0.39 is 0 Å². The van der Waals surface area contributed by atoms with Gasteiger partial charge in [0.25, 0.3) is 0 Å². The third kappa shape index (κ3) is 7.16. The van der Waals surface area contributed by atoms with Gasteiger partial charge in [-0.15, -0.1) is 12.4 Å². The molecule has 1 amide bonds. The van der Waals surface area contributed by atoms with Crippen molar-refractivity contribution in [3.8, 4) is 0 Å². The third-order valence-electron chi connectivity index (χ3n) is 3.09. The summed E-state index contributed by atoms with van der Waals surface area (Å²) in [5.41, 5.74) is 5.44. The van der Waals surface area contributed by atoms with Gasteiger partial charge in [-0.2, -0.15) is 0 Å². The average Bonchev–Trinajstić information content (AvgIpc) is 2.84. The minimum atomic E-state index is -0.189. The van der Waals surface area contributed by atoms with Crippen LogP contribution in [-0.2, 0) is 14.3 Å². The number of halogens is 1. The molecule has 1 saturated carbocycles. The van der Waals surface area contributed by atoms with Gasteiger partial charge in [0, 0.05) is 20.2 Å². The lowest BCUT2D eigenvalue weighted by Crippen LogP contribution is -2.34. The number of hydrogen-bond acceptors (Lipinski definition) is 4. The van der Waals surface area contributed by atoms with Crippen molar-refractivity contribution in [2.24, 2.45) is 5.73 Å². The summed E-state index contributed by atoms with van der Waals surface area (Å²) in [6.07, 6.45) is 5.39. The lowest BCUT2D eigenvalue weighted by molar-refractivity contribution is -0.123. The molecule has 1 fully saturated rings. The highest BCUT2D eigenvalue weighted by Crippen LogP contribution is 2.20. The molecule has 1 unspecified atom stereocenters. The highest BCUT2D eigenvalue weighted by molar-refractivity contribution is 5.85. The van der Waals surface area contributed by atoms with Crippen molar-refractivity contribution in [1.82, 2.24) is 5.32 Å². The van der Waals surface area contributed by atoms with Crippen molar-refractivity contribution >= 4 is 18.3 Å². The quantitative estimate of drug-likeness (QED) is 0.647. The molecule has 1 rings (SSSR count). The van der Waals surface area contributed by atoms with E-state index in [1.54, 1.807) is 7.11 Å². The molecule has 0 aliphatic heterocycles. The van der Waals surface area contributed by atoms with Crippen molar-refractivity contribution < 1.29 is 14.3 Å². The number of nitrogens with one attached hydrogen (secondary N) is 1. The van der Waals surface area contributed by atoms with Gasteiger partial charge in [-0.05, 0) is 12.8 Å². The Balaban J connectivity index is 0.00000289. The molecular formula is C12H25ClN2O3. The summed E-state index contributed by atoms with van der Waals surface area (Å²) in [6.45, 7) is 1.52. The topological polar surface area (TPSA) is 73.6 Å². The van der Waals surface area contributed by atoms with Gasteiger partial charge in [0.15, 0.2) is 0 Å². The van der Waals surface area contributed by atoms with Crippen LogP contribution in [0, 0.1) is 0 Å². The monoisotopic (exact) mass is 280 g/mol. The Morgan fingerprint density at radius 2 is 2.11 bits per heavy atom. The van der Waals surface area contributed by atoms with Crippen molar-refractivity contribution in [2.45, 2.75) is 44.3 Å².